The first kappa shape index (κ1) is 19.2. The van der Waals surface area contributed by atoms with Crippen molar-refractivity contribution in [2.24, 2.45) is 0 Å². The summed E-state index contributed by atoms with van der Waals surface area (Å²) in [7, 11) is 3.15. The summed E-state index contributed by atoms with van der Waals surface area (Å²) in [5.74, 6) is 0.499. The molecule has 7 heteroatoms. The van der Waals surface area contributed by atoms with Gasteiger partial charge in [0.1, 0.15) is 0 Å². The van der Waals surface area contributed by atoms with Crippen LogP contribution in [-0.2, 0) is 22.4 Å². The second-order valence-corrected chi connectivity index (χ2v) is 6.95. The van der Waals surface area contributed by atoms with E-state index in [1.165, 1.54) is 0 Å². The molecule has 0 aromatic heterocycles. The molecule has 27 heavy (non-hydrogen) atoms. The van der Waals surface area contributed by atoms with Gasteiger partial charge in [0.05, 0.1) is 19.8 Å². The minimum atomic E-state index is -0.804. The lowest BCUT2D eigenvalue weighted by atomic mass is 9.98. The maximum atomic E-state index is 12.4. The van der Waals surface area contributed by atoms with Gasteiger partial charge in [-0.2, -0.15) is 0 Å². The van der Waals surface area contributed by atoms with Crippen LogP contribution in [0.25, 0.3) is 0 Å². The third kappa shape index (κ3) is 4.24. The molecule has 1 atom stereocenters. The van der Waals surface area contributed by atoms with E-state index in [4.69, 9.17) is 14.2 Å². The first-order valence-electron chi connectivity index (χ1n) is 8.50. The predicted octanol–water partition coefficient (Wildman–Crippen LogP) is 2.91. The SMILES string of the molecule is COc1cc(Br)c(CCNC(=O)C2Cc3ccccc3C(=O)O2)cc1OC. The highest BCUT2D eigenvalue weighted by atomic mass is 79.9. The average molecular weight is 434 g/mol. The molecule has 0 spiro atoms. The molecule has 142 valence electrons. The lowest BCUT2D eigenvalue weighted by molar-refractivity contribution is -0.130. The number of rotatable bonds is 6. The number of cyclic esters (lactones) is 1. The van der Waals surface area contributed by atoms with Crippen molar-refractivity contribution in [3.8, 4) is 11.5 Å². The summed E-state index contributed by atoms with van der Waals surface area (Å²) in [6.45, 7) is 0.405. The van der Waals surface area contributed by atoms with Gasteiger partial charge >= 0.3 is 5.97 Å². The predicted molar refractivity (Wildman–Crippen MR) is 103 cm³/mol. The van der Waals surface area contributed by atoms with Crippen molar-refractivity contribution in [2.75, 3.05) is 20.8 Å². The topological polar surface area (TPSA) is 73.9 Å². The van der Waals surface area contributed by atoms with E-state index in [1.54, 1.807) is 26.4 Å². The summed E-state index contributed by atoms with van der Waals surface area (Å²) in [6, 6.07) is 10.9. The molecule has 1 heterocycles. The van der Waals surface area contributed by atoms with E-state index in [1.807, 2.05) is 24.3 Å². The molecule has 2 aromatic rings. The average Bonchev–Trinajstić information content (AvgIpc) is 2.68. The van der Waals surface area contributed by atoms with Crippen LogP contribution in [0.1, 0.15) is 21.5 Å². The van der Waals surface area contributed by atoms with E-state index in [-0.39, 0.29) is 5.91 Å². The molecule has 1 amide bonds. The highest BCUT2D eigenvalue weighted by Gasteiger charge is 2.30. The number of carbonyl (C=O) groups excluding carboxylic acids is 2. The molecule has 1 aliphatic heterocycles. The van der Waals surface area contributed by atoms with Gasteiger partial charge in [-0.3, -0.25) is 4.79 Å². The van der Waals surface area contributed by atoms with Gasteiger partial charge in [-0.15, -0.1) is 0 Å². The van der Waals surface area contributed by atoms with Crippen LogP contribution in [-0.4, -0.2) is 38.7 Å². The van der Waals surface area contributed by atoms with Crippen molar-refractivity contribution in [3.63, 3.8) is 0 Å². The van der Waals surface area contributed by atoms with E-state index < -0.39 is 12.1 Å². The van der Waals surface area contributed by atoms with Gasteiger partial charge in [-0.05, 0) is 35.7 Å². The molecule has 2 aromatic carbocycles. The number of hydrogen-bond acceptors (Lipinski definition) is 5. The Morgan fingerprint density at radius 1 is 1.22 bits per heavy atom. The Morgan fingerprint density at radius 2 is 1.93 bits per heavy atom. The lowest BCUT2D eigenvalue weighted by Gasteiger charge is -2.23. The second kappa shape index (κ2) is 8.43. The second-order valence-electron chi connectivity index (χ2n) is 6.09. The third-order valence-electron chi connectivity index (χ3n) is 4.43. The van der Waals surface area contributed by atoms with E-state index in [2.05, 4.69) is 21.2 Å². The normalized spacial score (nSPS) is 15.5. The minimum Gasteiger partial charge on any atom is -0.493 e. The summed E-state index contributed by atoms with van der Waals surface area (Å²) >= 11 is 3.50. The van der Waals surface area contributed by atoms with Crippen LogP contribution in [0.3, 0.4) is 0 Å². The Bertz CT molecular complexity index is 867. The Hall–Kier alpha value is -2.54. The summed E-state index contributed by atoms with van der Waals surface area (Å²) < 4.78 is 16.7. The fraction of sp³-hybridized carbons (Fsp3) is 0.300. The van der Waals surface area contributed by atoms with Crippen LogP contribution in [0.5, 0.6) is 11.5 Å². The number of hydrogen-bond donors (Lipinski definition) is 1. The molecular weight excluding hydrogens is 414 g/mol. The van der Waals surface area contributed by atoms with Gasteiger partial charge in [0.25, 0.3) is 5.91 Å². The van der Waals surface area contributed by atoms with Crippen LogP contribution in [0, 0.1) is 0 Å². The first-order valence-corrected chi connectivity index (χ1v) is 9.29. The van der Waals surface area contributed by atoms with Crippen LogP contribution >= 0.6 is 15.9 Å². The Morgan fingerprint density at radius 3 is 2.67 bits per heavy atom. The summed E-state index contributed by atoms with van der Waals surface area (Å²) in [5.41, 5.74) is 2.33. The summed E-state index contributed by atoms with van der Waals surface area (Å²) in [6.07, 6.45) is 0.166. The van der Waals surface area contributed by atoms with E-state index >= 15 is 0 Å². The van der Waals surface area contributed by atoms with Crippen molar-refractivity contribution in [2.45, 2.75) is 18.9 Å². The van der Waals surface area contributed by atoms with Gasteiger partial charge in [0, 0.05) is 17.4 Å². The van der Waals surface area contributed by atoms with Crippen molar-refractivity contribution in [1.29, 1.82) is 0 Å². The molecule has 0 fully saturated rings. The molecule has 1 N–H and O–H groups in total. The molecule has 3 rings (SSSR count). The maximum Gasteiger partial charge on any atom is 0.339 e. The molecular formula is C20H20BrNO5. The smallest absolute Gasteiger partial charge is 0.339 e. The zero-order valence-corrected chi connectivity index (χ0v) is 16.7. The van der Waals surface area contributed by atoms with Gasteiger partial charge in [-0.1, -0.05) is 34.1 Å². The molecule has 6 nitrogen and oxygen atoms in total. The highest BCUT2D eigenvalue weighted by Crippen LogP contribution is 2.33. The molecule has 0 radical (unpaired) electrons. The summed E-state index contributed by atoms with van der Waals surface area (Å²) in [5, 5.41) is 2.84. The Balaban J connectivity index is 1.60. The van der Waals surface area contributed by atoms with Crippen molar-refractivity contribution in [3.05, 3.63) is 57.6 Å². The Kier molecular flexibility index (Phi) is 6.01. The van der Waals surface area contributed by atoms with Crippen molar-refractivity contribution in [1.82, 2.24) is 5.32 Å². The van der Waals surface area contributed by atoms with Gasteiger partial charge < -0.3 is 19.5 Å². The third-order valence-corrected chi connectivity index (χ3v) is 5.17. The lowest BCUT2D eigenvalue weighted by Crippen LogP contribution is -2.42. The number of ether oxygens (including phenoxy) is 3. The standard InChI is InChI=1S/C20H20BrNO5/c1-25-16-10-13(15(21)11-17(16)26-2)7-8-22-19(23)18-9-12-5-3-4-6-14(12)20(24)27-18/h3-6,10-11,18H,7-9H2,1-2H3,(H,22,23). The largest absolute Gasteiger partial charge is 0.493 e. The maximum absolute atomic E-state index is 12.4. The van der Waals surface area contributed by atoms with Crippen LogP contribution in [0.15, 0.2) is 40.9 Å². The zero-order chi connectivity index (χ0) is 19.4. The monoisotopic (exact) mass is 433 g/mol. The van der Waals surface area contributed by atoms with E-state index in [0.29, 0.717) is 36.4 Å². The molecule has 0 saturated heterocycles. The molecule has 0 bridgehead atoms. The van der Waals surface area contributed by atoms with Crippen LogP contribution in [0.4, 0.5) is 0 Å². The Labute approximate surface area is 165 Å². The summed E-state index contributed by atoms with van der Waals surface area (Å²) in [4.78, 5) is 24.4. The number of fused-ring (bicyclic) bond motifs is 1. The van der Waals surface area contributed by atoms with Crippen molar-refractivity contribution >= 4 is 27.8 Å². The fourth-order valence-electron chi connectivity index (χ4n) is 3.00. The number of halogens is 1. The molecule has 0 aliphatic carbocycles. The number of esters is 1. The quantitative estimate of drug-likeness (QED) is 0.708. The van der Waals surface area contributed by atoms with Gasteiger partial charge in [-0.25, -0.2) is 4.79 Å². The number of amides is 1. The molecule has 1 aliphatic rings. The molecule has 0 saturated carbocycles. The van der Waals surface area contributed by atoms with E-state index in [0.717, 1.165) is 15.6 Å². The first-order chi connectivity index (χ1) is 13.0. The minimum absolute atomic E-state index is 0.297. The molecule has 1 unspecified atom stereocenters. The number of benzene rings is 2. The van der Waals surface area contributed by atoms with Gasteiger partial charge in [0.15, 0.2) is 17.6 Å². The fourth-order valence-corrected chi connectivity index (χ4v) is 3.52. The van der Waals surface area contributed by atoms with Crippen LogP contribution in [0.2, 0.25) is 0 Å². The number of carbonyl (C=O) groups is 2. The number of methoxy groups -OCH3 is 2. The van der Waals surface area contributed by atoms with Gasteiger partial charge in [0.2, 0.25) is 0 Å². The number of nitrogens with one attached hydrogen (secondary N) is 1. The van der Waals surface area contributed by atoms with Crippen molar-refractivity contribution < 1.29 is 23.8 Å². The zero-order valence-electron chi connectivity index (χ0n) is 15.1. The highest BCUT2D eigenvalue weighted by molar-refractivity contribution is 9.10. The van der Waals surface area contributed by atoms with E-state index in [9.17, 15) is 9.59 Å². The van der Waals surface area contributed by atoms with Crippen LogP contribution < -0.4 is 14.8 Å².